The fraction of sp³-hybridized carbons (Fsp3) is 0.167. The second kappa shape index (κ2) is 9.09. The molecule has 0 spiro atoms. The van der Waals surface area contributed by atoms with Crippen LogP contribution in [-0.2, 0) is 16.1 Å². The minimum atomic E-state index is -2.96. The minimum Gasteiger partial charge on any atom is -0.493 e. The molecule has 0 fully saturated rings. The van der Waals surface area contributed by atoms with E-state index in [4.69, 9.17) is 14.0 Å². The molecular formula is C18H14F2N2O5S. The second-order valence-electron chi connectivity index (χ2n) is 5.22. The topological polar surface area (TPSA) is 83.7 Å². The molecule has 7 nitrogen and oxygen atoms in total. The highest BCUT2D eigenvalue weighted by atomic mass is 32.1. The number of methoxy groups -OCH3 is 1. The van der Waals surface area contributed by atoms with E-state index in [1.54, 1.807) is 0 Å². The van der Waals surface area contributed by atoms with Crippen LogP contribution in [0.2, 0.25) is 0 Å². The van der Waals surface area contributed by atoms with Gasteiger partial charge in [0.1, 0.15) is 0 Å². The summed E-state index contributed by atoms with van der Waals surface area (Å²) in [4.78, 5) is 16.8. The Labute approximate surface area is 162 Å². The quantitative estimate of drug-likeness (QED) is 0.409. The average Bonchev–Trinajstić information content (AvgIpc) is 3.36. The molecule has 10 heteroatoms. The number of carbonyl (C=O) groups excluding carboxylic acids is 1. The van der Waals surface area contributed by atoms with E-state index in [9.17, 15) is 13.6 Å². The summed E-state index contributed by atoms with van der Waals surface area (Å²) in [5, 5.41) is 5.70. The zero-order valence-electron chi connectivity index (χ0n) is 14.5. The predicted octanol–water partition coefficient (Wildman–Crippen LogP) is 4.16. The lowest BCUT2D eigenvalue weighted by Gasteiger charge is -2.10. The van der Waals surface area contributed by atoms with Crippen molar-refractivity contribution in [1.82, 2.24) is 10.1 Å². The minimum absolute atomic E-state index is 0.102. The van der Waals surface area contributed by atoms with E-state index in [2.05, 4.69) is 14.9 Å². The van der Waals surface area contributed by atoms with Crippen LogP contribution >= 0.6 is 11.3 Å². The molecule has 1 aromatic carbocycles. The Kier molecular flexibility index (Phi) is 6.33. The van der Waals surface area contributed by atoms with Crippen molar-refractivity contribution < 1.29 is 32.3 Å². The molecule has 0 radical (unpaired) electrons. The van der Waals surface area contributed by atoms with Crippen molar-refractivity contribution in [3.63, 3.8) is 0 Å². The molecule has 0 saturated carbocycles. The lowest BCUT2D eigenvalue weighted by molar-refractivity contribution is -0.139. The van der Waals surface area contributed by atoms with E-state index in [1.165, 1.54) is 48.8 Å². The lowest BCUT2D eigenvalue weighted by atomic mass is 10.2. The van der Waals surface area contributed by atoms with Gasteiger partial charge in [0.15, 0.2) is 18.1 Å². The molecule has 0 aliphatic carbocycles. The van der Waals surface area contributed by atoms with Gasteiger partial charge in [-0.25, -0.2) is 4.79 Å². The van der Waals surface area contributed by atoms with Crippen LogP contribution < -0.4 is 9.47 Å². The Morgan fingerprint density at radius 3 is 2.89 bits per heavy atom. The summed E-state index contributed by atoms with van der Waals surface area (Å²) in [6.45, 7) is -3.14. The molecule has 3 rings (SSSR count). The van der Waals surface area contributed by atoms with Crippen molar-refractivity contribution in [3.8, 4) is 22.2 Å². The van der Waals surface area contributed by atoms with E-state index >= 15 is 0 Å². The van der Waals surface area contributed by atoms with Crippen molar-refractivity contribution >= 4 is 23.4 Å². The monoisotopic (exact) mass is 408 g/mol. The number of thiophene rings is 1. The summed E-state index contributed by atoms with van der Waals surface area (Å²) < 4.78 is 44.1. The van der Waals surface area contributed by atoms with Crippen molar-refractivity contribution in [2.24, 2.45) is 0 Å². The van der Waals surface area contributed by atoms with Crippen LogP contribution in [0.4, 0.5) is 8.78 Å². The van der Waals surface area contributed by atoms with E-state index in [-0.39, 0.29) is 24.0 Å². The number of esters is 1. The Morgan fingerprint density at radius 1 is 1.32 bits per heavy atom. The van der Waals surface area contributed by atoms with Crippen LogP contribution in [-0.4, -0.2) is 29.8 Å². The number of hydrogen-bond donors (Lipinski definition) is 0. The SMILES string of the molecule is COc1cc(/C=C/C(=O)OCc2nc(-c3cccs3)no2)ccc1OC(F)F. The maximum Gasteiger partial charge on any atom is 0.387 e. The van der Waals surface area contributed by atoms with E-state index in [0.29, 0.717) is 11.4 Å². The maximum absolute atomic E-state index is 12.3. The van der Waals surface area contributed by atoms with Crippen LogP contribution in [0.1, 0.15) is 11.5 Å². The Morgan fingerprint density at radius 2 is 2.18 bits per heavy atom. The summed E-state index contributed by atoms with van der Waals surface area (Å²) >= 11 is 1.46. The number of rotatable bonds is 8. The Balaban J connectivity index is 1.56. The summed E-state index contributed by atoms with van der Waals surface area (Å²) in [7, 11) is 1.32. The smallest absolute Gasteiger partial charge is 0.387 e. The van der Waals surface area contributed by atoms with Crippen molar-refractivity contribution in [1.29, 1.82) is 0 Å². The van der Waals surface area contributed by atoms with Gasteiger partial charge < -0.3 is 18.7 Å². The van der Waals surface area contributed by atoms with Crippen LogP contribution in [0.25, 0.3) is 16.8 Å². The molecule has 0 bridgehead atoms. The molecule has 0 unspecified atom stereocenters. The van der Waals surface area contributed by atoms with Gasteiger partial charge in [0, 0.05) is 6.08 Å². The molecule has 28 heavy (non-hydrogen) atoms. The van der Waals surface area contributed by atoms with Crippen molar-refractivity contribution in [2.45, 2.75) is 13.2 Å². The summed E-state index contributed by atoms with van der Waals surface area (Å²) in [5.74, 6) is -0.0317. The first-order valence-electron chi connectivity index (χ1n) is 7.89. The molecule has 0 aliphatic rings. The van der Waals surface area contributed by atoms with Gasteiger partial charge >= 0.3 is 12.6 Å². The van der Waals surface area contributed by atoms with Crippen molar-refractivity contribution in [2.75, 3.05) is 7.11 Å². The molecule has 3 aromatic rings. The molecule has 0 N–H and O–H groups in total. The number of aromatic nitrogens is 2. The maximum atomic E-state index is 12.3. The van der Waals surface area contributed by atoms with Gasteiger partial charge in [0.25, 0.3) is 5.89 Å². The van der Waals surface area contributed by atoms with Crippen LogP contribution in [0, 0.1) is 0 Å². The molecule has 0 amide bonds. The van der Waals surface area contributed by atoms with Crippen LogP contribution in [0.5, 0.6) is 11.5 Å². The molecule has 0 saturated heterocycles. The zero-order valence-corrected chi connectivity index (χ0v) is 15.3. The first kappa shape index (κ1) is 19.5. The third-order valence-corrected chi connectivity index (χ3v) is 4.23. The van der Waals surface area contributed by atoms with Gasteiger partial charge in [-0.1, -0.05) is 17.3 Å². The fourth-order valence-corrected chi connectivity index (χ4v) is 2.79. The molecule has 2 heterocycles. The first-order chi connectivity index (χ1) is 13.5. The average molecular weight is 408 g/mol. The largest absolute Gasteiger partial charge is 0.493 e. The van der Waals surface area contributed by atoms with E-state index in [0.717, 1.165) is 4.88 Å². The summed E-state index contributed by atoms with van der Waals surface area (Å²) in [6, 6.07) is 7.98. The second-order valence-corrected chi connectivity index (χ2v) is 6.17. The summed E-state index contributed by atoms with van der Waals surface area (Å²) in [5.41, 5.74) is 0.535. The number of alkyl halides is 2. The van der Waals surface area contributed by atoms with Gasteiger partial charge in [0.05, 0.1) is 12.0 Å². The van der Waals surface area contributed by atoms with E-state index < -0.39 is 12.6 Å². The first-order valence-corrected chi connectivity index (χ1v) is 8.77. The van der Waals surface area contributed by atoms with Crippen LogP contribution in [0.3, 0.4) is 0 Å². The van der Waals surface area contributed by atoms with Crippen molar-refractivity contribution in [3.05, 3.63) is 53.2 Å². The predicted molar refractivity (Wildman–Crippen MR) is 96.1 cm³/mol. The van der Waals surface area contributed by atoms with E-state index in [1.807, 2.05) is 17.5 Å². The molecule has 2 aromatic heterocycles. The standard InChI is InChI=1S/C18H14F2N2O5S/c1-24-13-9-11(4-6-12(13)26-18(19)20)5-7-16(23)25-10-15-21-17(22-27-15)14-3-2-8-28-14/h2-9,18H,10H2,1H3/b7-5+. The number of hydrogen-bond acceptors (Lipinski definition) is 8. The zero-order chi connectivity index (χ0) is 19.9. The Bertz CT molecular complexity index is 957. The molecule has 146 valence electrons. The molecule has 0 aliphatic heterocycles. The Hall–Kier alpha value is -3.27. The molecular weight excluding hydrogens is 394 g/mol. The van der Waals surface area contributed by atoms with Crippen LogP contribution in [0.15, 0.2) is 46.3 Å². The number of carbonyl (C=O) groups is 1. The van der Waals surface area contributed by atoms with Gasteiger partial charge in [-0.3, -0.25) is 0 Å². The van der Waals surface area contributed by atoms with Gasteiger partial charge in [-0.15, -0.1) is 11.3 Å². The lowest BCUT2D eigenvalue weighted by Crippen LogP contribution is -2.03. The number of halogens is 2. The fourth-order valence-electron chi connectivity index (χ4n) is 2.15. The normalized spacial score (nSPS) is 11.1. The third kappa shape index (κ3) is 5.13. The number of benzene rings is 1. The van der Waals surface area contributed by atoms with Gasteiger partial charge in [0.2, 0.25) is 5.82 Å². The van der Waals surface area contributed by atoms with Gasteiger partial charge in [-0.05, 0) is 35.2 Å². The number of nitrogens with zero attached hydrogens (tertiary/aromatic N) is 2. The highest BCUT2D eigenvalue weighted by molar-refractivity contribution is 7.13. The highest BCUT2D eigenvalue weighted by Crippen LogP contribution is 2.29. The molecule has 0 atom stereocenters. The number of ether oxygens (including phenoxy) is 3. The third-order valence-electron chi connectivity index (χ3n) is 3.36. The van der Waals surface area contributed by atoms with Gasteiger partial charge in [-0.2, -0.15) is 13.8 Å². The summed E-state index contributed by atoms with van der Waals surface area (Å²) in [6.07, 6.45) is 2.63. The highest BCUT2D eigenvalue weighted by Gasteiger charge is 2.12.